The van der Waals surface area contributed by atoms with Gasteiger partial charge in [-0.05, 0) is 30.7 Å². The fraction of sp³-hybridized carbons (Fsp3) is 0.562. The van der Waals surface area contributed by atoms with Crippen molar-refractivity contribution in [2.24, 2.45) is 10.6 Å². The van der Waals surface area contributed by atoms with E-state index in [2.05, 4.69) is 12.1 Å². The molecule has 1 heterocycles. The van der Waals surface area contributed by atoms with Gasteiger partial charge in [-0.3, -0.25) is 4.79 Å². The summed E-state index contributed by atoms with van der Waals surface area (Å²) in [4.78, 5) is 14.6. The quantitative estimate of drug-likeness (QED) is 0.915. The number of nitrogens with two attached hydrogens (primary N) is 1. The first-order chi connectivity index (χ1) is 10.3. The minimum Gasteiger partial charge on any atom is -0.342 e. The van der Waals surface area contributed by atoms with Gasteiger partial charge in [0.15, 0.2) is 0 Å². The molecule has 6 heteroatoms. The lowest BCUT2D eigenvalue weighted by molar-refractivity contribution is -0.137. The molecule has 1 aliphatic heterocycles. The van der Waals surface area contributed by atoms with E-state index in [1.54, 1.807) is 0 Å². The molecule has 1 saturated heterocycles. The van der Waals surface area contributed by atoms with Crippen LogP contribution in [0, 0.1) is 5.41 Å². The molecule has 0 bridgehead atoms. The van der Waals surface area contributed by atoms with E-state index in [1.807, 2.05) is 30.0 Å². The second-order valence-electron chi connectivity index (χ2n) is 6.67. The van der Waals surface area contributed by atoms with Crippen LogP contribution in [-0.4, -0.2) is 37.6 Å². The fourth-order valence-electron chi connectivity index (χ4n) is 3.52. The SMILES string of the molecule is C[C@@]1(C(=O)N2CCC(S(N)(=O)=O)CC2)C[C@H]1c1ccccc1. The maximum Gasteiger partial charge on any atom is 0.229 e. The van der Waals surface area contributed by atoms with Crippen molar-refractivity contribution in [3.63, 3.8) is 0 Å². The van der Waals surface area contributed by atoms with Crippen LogP contribution >= 0.6 is 0 Å². The average molecular weight is 322 g/mol. The maximum atomic E-state index is 12.8. The first-order valence-corrected chi connectivity index (χ1v) is 9.29. The third-order valence-corrected chi connectivity index (χ3v) is 6.52. The van der Waals surface area contributed by atoms with Gasteiger partial charge in [0, 0.05) is 13.1 Å². The molecule has 1 amide bonds. The monoisotopic (exact) mass is 322 g/mol. The van der Waals surface area contributed by atoms with Crippen molar-refractivity contribution < 1.29 is 13.2 Å². The summed E-state index contributed by atoms with van der Waals surface area (Å²) in [7, 11) is -3.49. The Balaban J connectivity index is 1.64. The van der Waals surface area contributed by atoms with E-state index >= 15 is 0 Å². The van der Waals surface area contributed by atoms with Gasteiger partial charge in [-0.25, -0.2) is 13.6 Å². The lowest BCUT2D eigenvalue weighted by Crippen LogP contribution is -2.46. The summed E-state index contributed by atoms with van der Waals surface area (Å²) < 4.78 is 22.8. The molecule has 2 atom stereocenters. The second-order valence-corrected chi connectivity index (χ2v) is 8.51. The number of nitrogens with zero attached hydrogens (tertiary/aromatic N) is 1. The smallest absolute Gasteiger partial charge is 0.229 e. The number of hydrogen-bond donors (Lipinski definition) is 1. The van der Waals surface area contributed by atoms with E-state index < -0.39 is 15.3 Å². The Kier molecular flexibility index (Phi) is 3.77. The molecular weight excluding hydrogens is 300 g/mol. The van der Waals surface area contributed by atoms with Gasteiger partial charge < -0.3 is 4.90 Å². The zero-order valence-corrected chi connectivity index (χ0v) is 13.6. The summed E-state index contributed by atoms with van der Waals surface area (Å²) in [5.74, 6) is 0.423. The summed E-state index contributed by atoms with van der Waals surface area (Å²) in [6.45, 7) is 2.98. The van der Waals surface area contributed by atoms with E-state index in [9.17, 15) is 13.2 Å². The topological polar surface area (TPSA) is 80.5 Å². The Hall–Kier alpha value is -1.40. The highest BCUT2D eigenvalue weighted by atomic mass is 32.2. The molecule has 120 valence electrons. The van der Waals surface area contributed by atoms with Gasteiger partial charge in [-0.2, -0.15) is 0 Å². The summed E-state index contributed by atoms with van der Waals surface area (Å²) in [6.07, 6.45) is 1.75. The molecule has 2 fully saturated rings. The van der Waals surface area contributed by atoms with E-state index in [0.717, 1.165) is 6.42 Å². The molecule has 0 spiro atoms. The van der Waals surface area contributed by atoms with Gasteiger partial charge in [0.2, 0.25) is 15.9 Å². The van der Waals surface area contributed by atoms with Crippen LogP contribution in [0.2, 0.25) is 0 Å². The van der Waals surface area contributed by atoms with Crippen molar-refractivity contribution in [2.75, 3.05) is 13.1 Å². The Morgan fingerprint density at radius 3 is 2.36 bits per heavy atom. The molecule has 1 aliphatic carbocycles. The largest absolute Gasteiger partial charge is 0.342 e. The van der Waals surface area contributed by atoms with Crippen molar-refractivity contribution in [1.29, 1.82) is 0 Å². The summed E-state index contributed by atoms with van der Waals surface area (Å²) in [6, 6.07) is 10.1. The third-order valence-electron chi connectivity index (χ3n) is 5.12. The lowest BCUT2D eigenvalue weighted by atomic mass is 9.98. The first-order valence-electron chi connectivity index (χ1n) is 7.68. The Morgan fingerprint density at radius 1 is 1.23 bits per heavy atom. The number of likely N-dealkylation sites (tertiary alicyclic amines) is 1. The highest BCUT2D eigenvalue weighted by Crippen LogP contribution is 2.60. The minimum absolute atomic E-state index is 0.147. The highest BCUT2D eigenvalue weighted by Gasteiger charge is 2.58. The molecule has 2 N–H and O–H groups in total. The number of carbonyl (C=O) groups excluding carboxylic acids is 1. The molecule has 3 rings (SSSR count). The standard InChI is InChI=1S/C16H22N2O3S/c1-16(11-14(16)12-5-3-2-4-6-12)15(19)18-9-7-13(8-10-18)22(17,20)21/h2-6,13-14H,7-11H2,1H3,(H2,17,20,21)/t14-,16+/m0/s1. The minimum atomic E-state index is -3.49. The Labute approximate surface area is 131 Å². The van der Waals surface area contributed by atoms with E-state index in [-0.39, 0.29) is 17.2 Å². The number of sulfonamides is 1. The first kappa shape index (κ1) is 15.5. The molecule has 1 aromatic rings. The third kappa shape index (κ3) is 2.77. The van der Waals surface area contributed by atoms with Crippen molar-refractivity contribution in [2.45, 2.75) is 37.4 Å². The van der Waals surface area contributed by atoms with E-state index in [4.69, 9.17) is 5.14 Å². The lowest BCUT2D eigenvalue weighted by Gasteiger charge is -2.33. The summed E-state index contributed by atoms with van der Waals surface area (Å²) in [5.41, 5.74) is 0.869. The number of primary sulfonamides is 1. The van der Waals surface area contributed by atoms with Crippen LogP contribution in [0.3, 0.4) is 0 Å². The molecular formula is C16H22N2O3S. The molecule has 5 nitrogen and oxygen atoms in total. The fourth-order valence-corrected chi connectivity index (χ4v) is 4.39. The number of carbonyl (C=O) groups is 1. The Bertz CT molecular complexity index is 666. The predicted molar refractivity (Wildman–Crippen MR) is 84.6 cm³/mol. The zero-order chi connectivity index (χ0) is 16.0. The summed E-state index contributed by atoms with van der Waals surface area (Å²) in [5, 5.41) is 4.69. The van der Waals surface area contributed by atoms with Crippen LogP contribution in [0.25, 0.3) is 0 Å². The number of benzene rings is 1. The van der Waals surface area contributed by atoms with Gasteiger partial charge in [0.05, 0.1) is 10.7 Å². The Morgan fingerprint density at radius 2 is 1.82 bits per heavy atom. The number of rotatable bonds is 3. The summed E-state index contributed by atoms with van der Waals surface area (Å²) >= 11 is 0. The van der Waals surface area contributed by atoms with Gasteiger partial charge in [0.1, 0.15) is 0 Å². The van der Waals surface area contributed by atoms with Crippen LogP contribution in [0.15, 0.2) is 30.3 Å². The van der Waals surface area contributed by atoms with Gasteiger partial charge in [-0.15, -0.1) is 0 Å². The van der Waals surface area contributed by atoms with Crippen LogP contribution in [-0.2, 0) is 14.8 Å². The molecule has 0 aromatic heterocycles. The molecule has 1 saturated carbocycles. The van der Waals surface area contributed by atoms with Crippen LogP contribution in [0.1, 0.15) is 37.7 Å². The van der Waals surface area contributed by atoms with Gasteiger partial charge >= 0.3 is 0 Å². The van der Waals surface area contributed by atoms with Gasteiger partial charge in [-0.1, -0.05) is 37.3 Å². The molecule has 0 radical (unpaired) electrons. The zero-order valence-electron chi connectivity index (χ0n) is 12.7. The average Bonchev–Trinajstić information content (AvgIpc) is 3.20. The van der Waals surface area contributed by atoms with Crippen molar-refractivity contribution in [3.05, 3.63) is 35.9 Å². The second kappa shape index (κ2) is 5.35. The molecule has 22 heavy (non-hydrogen) atoms. The van der Waals surface area contributed by atoms with Crippen molar-refractivity contribution in [1.82, 2.24) is 4.90 Å². The van der Waals surface area contributed by atoms with E-state index in [0.29, 0.717) is 25.9 Å². The highest BCUT2D eigenvalue weighted by molar-refractivity contribution is 7.89. The van der Waals surface area contributed by atoms with Crippen LogP contribution < -0.4 is 5.14 Å². The number of hydrogen-bond acceptors (Lipinski definition) is 3. The number of piperidine rings is 1. The molecule has 1 aromatic carbocycles. The van der Waals surface area contributed by atoms with Crippen molar-refractivity contribution >= 4 is 15.9 Å². The molecule has 2 aliphatic rings. The van der Waals surface area contributed by atoms with Crippen LogP contribution in [0.4, 0.5) is 0 Å². The van der Waals surface area contributed by atoms with E-state index in [1.165, 1.54) is 5.56 Å². The van der Waals surface area contributed by atoms with Gasteiger partial charge in [0.25, 0.3) is 0 Å². The predicted octanol–water partition coefficient (Wildman–Crippen LogP) is 1.46. The molecule has 0 unspecified atom stereocenters. The van der Waals surface area contributed by atoms with Crippen molar-refractivity contribution in [3.8, 4) is 0 Å². The van der Waals surface area contributed by atoms with Crippen LogP contribution in [0.5, 0.6) is 0 Å². The maximum absolute atomic E-state index is 12.8. The normalized spacial score (nSPS) is 29.4. The number of amides is 1.